The second kappa shape index (κ2) is 5.91. The Morgan fingerprint density at radius 2 is 2.20 bits per heavy atom. The number of benzene rings is 1. The Balaban J connectivity index is 1.71. The number of hydrogen-bond acceptors (Lipinski definition) is 8. The fourth-order valence-electron chi connectivity index (χ4n) is 2.35. The van der Waals surface area contributed by atoms with Crippen molar-refractivity contribution in [2.75, 3.05) is 0 Å². The van der Waals surface area contributed by atoms with Crippen LogP contribution in [-0.2, 0) is 6.54 Å². The Kier molecular flexibility index (Phi) is 3.58. The molecule has 0 radical (unpaired) electrons. The van der Waals surface area contributed by atoms with Crippen LogP contribution < -0.4 is 5.56 Å². The molecule has 0 saturated carbocycles. The minimum absolute atomic E-state index is 0.0537. The number of rotatable bonds is 4. The van der Waals surface area contributed by atoms with E-state index in [0.717, 1.165) is 5.56 Å². The number of thiophene rings is 1. The van der Waals surface area contributed by atoms with Crippen molar-refractivity contribution in [3.05, 3.63) is 67.6 Å². The summed E-state index contributed by atoms with van der Waals surface area (Å²) in [5.74, 6) is 0.684. The van der Waals surface area contributed by atoms with Gasteiger partial charge >= 0.3 is 0 Å². The maximum atomic E-state index is 12.6. The van der Waals surface area contributed by atoms with Gasteiger partial charge in [-0.25, -0.2) is 4.98 Å². The van der Waals surface area contributed by atoms with Crippen molar-refractivity contribution in [1.82, 2.24) is 19.7 Å². The molecule has 0 N–H and O–H groups in total. The molecule has 3 aromatic heterocycles. The van der Waals surface area contributed by atoms with Crippen LogP contribution in [0, 0.1) is 10.1 Å². The number of nitrogens with zero attached hydrogens (tertiary/aromatic N) is 5. The summed E-state index contributed by atoms with van der Waals surface area (Å²) in [7, 11) is 0. The van der Waals surface area contributed by atoms with Gasteiger partial charge in [-0.15, -0.1) is 0 Å². The smallest absolute Gasteiger partial charge is 0.270 e. The molecule has 1 aromatic carbocycles. The standard InChI is InChI=1S/C15H9N5O4S/c21-15-11-5-10(20(22)23)1-2-12(11)16-8-19(15)6-13-17-14(24-18-13)9-3-4-25-7-9/h1-5,7-8H,6H2. The van der Waals surface area contributed by atoms with Gasteiger partial charge in [-0.3, -0.25) is 19.5 Å². The van der Waals surface area contributed by atoms with Gasteiger partial charge in [0.1, 0.15) is 0 Å². The van der Waals surface area contributed by atoms with Crippen LogP contribution in [-0.4, -0.2) is 24.6 Å². The molecule has 0 saturated heterocycles. The SMILES string of the molecule is O=c1c2cc([N+](=O)[O-])ccc2ncn1Cc1noc(-c2ccsc2)n1. The minimum Gasteiger partial charge on any atom is -0.334 e. The second-order valence-corrected chi connectivity index (χ2v) is 5.94. The number of nitro groups is 1. The van der Waals surface area contributed by atoms with Crippen molar-refractivity contribution in [2.24, 2.45) is 0 Å². The summed E-state index contributed by atoms with van der Waals surface area (Å²) in [4.78, 5) is 31.3. The number of non-ortho nitro benzene ring substituents is 1. The van der Waals surface area contributed by atoms with Crippen molar-refractivity contribution in [2.45, 2.75) is 6.54 Å². The first-order valence-electron chi connectivity index (χ1n) is 7.10. The van der Waals surface area contributed by atoms with Crippen LogP contribution in [0.5, 0.6) is 0 Å². The van der Waals surface area contributed by atoms with Gasteiger partial charge in [-0.1, -0.05) is 5.16 Å². The summed E-state index contributed by atoms with van der Waals surface area (Å²) in [5.41, 5.74) is 0.626. The van der Waals surface area contributed by atoms with Crippen molar-refractivity contribution < 1.29 is 9.45 Å². The Morgan fingerprint density at radius 1 is 1.32 bits per heavy atom. The zero-order valence-electron chi connectivity index (χ0n) is 12.5. The van der Waals surface area contributed by atoms with Gasteiger partial charge in [-0.2, -0.15) is 16.3 Å². The molecule has 9 nitrogen and oxygen atoms in total. The van der Waals surface area contributed by atoms with E-state index in [9.17, 15) is 14.9 Å². The lowest BCUT2D eigenvalue weighted by molar-refractivity contribution is -0.384. The van der Waals surface area contributed by atoms with Crippen LogP contribution in [0.2, 0.25) is 0 Å². The van der Waals surface area contributed by atoms with Gasteiger partial charge in [0.25, 0.3) is 17.1 Å². The van der Waals surface area contributed by atoms with Gasteiger partial charge < -0.3 is 4.52 Å². The fraction of sp³-hybridized carbons (Fsp3) is 0.0667. The van der Waals surface area contributed by atoms with Crippen LogP contribution in [0.15, 0.2) is 50.7 Å². The lowest BCUT2D eigenvalue weighted by atomic mass is 10.2. The third-order valence-electron chi connectivity index (χ3n) is 3.57. The van der Waals surface area contributed by atoms with Crippen molar-refractivity contribution >= 4 is 27.9 Å². The molecule has 25 heavy (non-hydrogen) atoms. The molecule has 4 aromatic rings. The van der Waals surface area contributed by atoms with E-state index >= 15 is 0 Å². The first kappa shape index (κ1) is 15.1. The van der Waals surface area contributed by atoms with Gasteiger partial charge in [0.2, 0.25) is 0 Å². The van der Waals surface area contributed by atoms with Crippen LogP contribution in [0.1, 0.15) is 5.82 Å². The molecule has 0 unspecified atom stereocenters. The number of hydrogen-bond donors (Lipinski definition) is 0. The third-order valence-corrected chi connectivity index (χ3v) is 4.25. The monoisotopic (exact) mass is 355 g/mol. The van der Waals surface area contributed by atoms with E-state index < -0.39 is 10.5 Å². The average Bonchev–Trinajstić information content (AvgIpc) is 3.28. The van der Waals surface area contributed by atoms with Crippen molar-refractivity contribution in [1.29, 1.82) is 0 Å². The fourth-order valence-corrected chi connectivity index (χ4v) is 2.98. The van der Waals surface area contributed by atoms with Crippen LogP contribution >= 0.6 is 11.3 Å². The predicted octanol–water partition coefficient (Wildman–Crippen LogP) is 2.46. The van der Waals surface area contributed by atoms with Gasteiger partial charge in [0, 0.05) is 17.5 Å². The molecule has 0 aliphatic carbocycles. The molecule has 4 rings (SSSR count). The summed E-state index contributed by atoms with van der Waals surface area (Å²) in [6, 6.07) is 5.83. The van der Waals surface area contributed by atoms with Crippen molar-refractivity contribution in [3.63, 3.8) is 0 Å². The first-order chi connectivity index (χ1) is 12.1. The summed E-state index contributed by atoms with van der Waals surface area (Å²) >= 11 is 1.51. The zero-order chi connectivity index (χ0) is 17.4. The molecule has 124 valence electrons. The predicted molar refractivity (Wildman–Crippen MR) is 89.4 cm³/mol. The van der Waals surface area contributed by atoms with E-state index in [0.29, 0.717) is 17.2 Å². The van der Waals surface area contributed by atoms with Crippen LogP contribution in [0.4, 0.5) is 5.69 Å². The molecule has 3 heterocycles. The largest absolute Gasteiger partial charge is 0.334 e. The average molecular weight is 355 g/mol. The first-order valence-corrected chi connectivity index (χ1v) is 8.05. The van der Waals surface area contributed by atoms with E-state index in [1.165, 1.54) is 40.4 Å². The molecule has 0 aliphatic heterocycles. The Labute approximate surface area is 143 Å². The highest BCUT2D eigenvalue weighted by molar-refractivity contribution is 7.08. The quantitative estimate of drug-likeness (QED) is 0.407. The van der Waals surface area contributed by atoms with Gasteiger partial charge in [-0.05, 0) is 17.5 Å². The highest BCUT2D eigenvalue weighted by Crippen LogP contribution is 2.20. The normalized spacial score (nSPS) is 11.0. The third kappa shape index (κ3) is 2.78. The molecule has 10 heteroatoms. The summed E-state index contributed by atoms with van der Waals surface area (Å²) in [6.45, 7) is 0.0537. The molecule has 0 spiro atoms. The van der Waals surface area contributed by atoms with Gasteiger partial charge in [0.15, 0.2) is 5.82 Å². The molecule has 0 aliphatic rings. The Hall–Kier alpha value is -3.40. The maximum Gasteiger partial charge on any atom is 0.270 e. The van der Waals surface area contributed by atoms with Crippen LogP contribution in [0.3, 0.4) is 0 Å². The van der Waals surface area contributed by atoms with E-state index in [1.807, 2.05) is 16.8 Å². The highest BCUT2D eigenvalue weighted by Gasteiger charge is 2.13. The molecular formula is C15H9N5O4S. The molecular weight excluding hydrogens is 346 g/mol. The number of fused-ring (bicyclic) bond motifs is 1. The Bertz CT molecular complexity index is 1130. The summed E-state index contributed by atoms with van der Waals surface area (Å²) in [5, 5.41) is 18.7. The summed E-state index contributed by atoms with van der Waals surface area (Å²) in [6.07, 6.45) is 1.36. The maximum absolute atomic E-state index is 12.6. The molecule has 0 fully saturated rings. The molecule has 0 atom stereocenters. The lowest BCUT2D eigenvalue weighted by Gasteiger charge is -2.03. The lowest BCUT2D eigenvalue weighted by Crippen LogP contribution is -2.21. The number of aromatic nitrogens is 4. The highest BCUT2D eigenvalue weighted by atomic mass is 32.1. The van der Waals surface area contributed by atoms with Crippen molar-refractivity contribution in [3.8, 4) is 11.5 Å². The van der Waals surface area contributed by atoms with E-state index in [2.05, 4.69) is 15.1 Å². The topological polar surface area (TPSA) is 117 Å². The molecule has 0 amide bonds. The van der Waals surface area contributed by atoms with Gasteiger partial charge in [0.05, 0.1) is 34.3 Å². The second-order valence-electron chi connectivity index (χ2n) is 5.16. The van der Waals surface area contributed by atoms with E-state index in [-0.39, 0.29) is 17.6 Å². The molecule has 0 bridgehead atoms. The zero-order valence-corrected chi connectivity index (χ0v) is 13.3. The minimum atomic E-state index is -0.553. The summed E-state index contributed by atoms with van der Waals surface area (Å²) < 4.78 is 6.47. The number of nitro benzene ring substituents is 1. The Morgan fingerprint density at radius 3 is 2.96 bits per heavy atom. The van der Waals surface area contributed by atoms with E-state index in [4.69, 9.17) is 4.52 Å². The van der Waals surface area contributed by atoms with Crippen LogP contribution in [0.25, 0.3) is 22.4 Å². The van der Waals surface area contributed by atoms with E-state index in [1.54, 1.807) is 0 Å².